The number of nitrogens with zero attached hydrogens (tertiary/aromatic N) is 2. The quantitative estimate of drug-likeness (QED) is 0.164. The monoisotopic (exact) mass is 862 g/mol. The van der Waals surface area contributed by atoms with E-state index >= 15 is 0 Å². The normalized spacial score (nSPS) is 13.3. The molecule has 0 fully saturated rings. The molecule has 0 amide bonds. The highest BCUT2D eigenvalue weighted by molar-refractivity contribution is 6.03. The van der Waals surface area contributed by atoms with Gasteiger partial charge < -0.3 is 9.80 Å². The van der Waals surface area contributed by atoms with Crippen molar-refractivity contribution in [1.82, 2.24) is 0 Å². The molecule has 0 atom stereocenters. The standard InChI is InChI=1S/C65H54N2/c1-63(2,3)45-31-35-53-54-36-32-46(64(4,5)6)40-58(54)65(57(53)39-45)59-41-49(66(47-23-9-7-10-24-47)61-29-17-21-43-19-13-15-27-51(43)61)33-37-55(59)56-38-34-50(42-60(56)65)67(48-25-11-8-12-26-48)62-30-18-22-44-20-14-16-28-52(44)62/h7-42H,1-6H3. The van der Waals surface area contributed by atoms with Gasteiger partial charge in [0.05, 0.1) is 16.8 Å². The van der Waals surface area contributed by atoms with Crippen LogP contribution in [0.3, 0.4) is 0 Å². The maximum atomic E-state index is 2.56. The molecule has 67 heavy (non-hydrogen) atoms. The van der Waals surface area contributed by atoms with Crippen molar-refractivity contribution in [2.24, 2.45) is 0 Å². The second-order valence-corrected chi connectivity index (χ2v) is 20.6. The highest BCUT2D eigenvalue weighted by Crippen LogP contribution is 2.65. The minimum absolute atomic E-state index is 0.0630. The van der Waals surface area contributed by atoms with Crippen LogP contribution in [0.1, 0.15) is 74.9 Å². The van der Waals surface area contributed by atoms with E-state index < -0.39 is 5.41 Å². The fourth-order valence-electron chi connectivity index (χ4n) is 11.2. The van der Waals surface area contributed by atoms with E-state index in [0.29, 0.717) is 0 Å². The molecule has 0 saturated heterocycles. The Bertz CT molecular complexity index is 3300. The summed E-state index contributed by atoms with van der Waals surface area (Å²) in [5, 5.41) is 4.87. The zero-order valence-corrected chi connectivity index (χ0v) is 39.2. The summed E-state index contributed by atoms with van der Waals surface area (Å²) in [4.78, 5) is 4.94. The summed E-state index contributed by atoms with van der Waals surface area (Å²) in [6, 6.07) is 82.0. The molecule has 12 rings (SSSR count). The summed E-state index contributed by atoms with van der Waals surface area (Å²) in [5.74, 6) is 0. The Morgan fingerprint density at radius 3 is 1.04 bits per heavy atom. The van der Waals surface area contributed by atoms with Crippen molar-refractivity contribution in [2.45, 2.75) is 57.8 Å². The second kappa shape index (κ2) is 15.2. The number of anilines is 6. The van der Waals surface area contributed by atoms with Crippen molar-refractivity contribution in [3.8, 4) is 22.3 Å². The number of hydrogen-bond acceptors (Lipinski definition) is 2. The van der Waals surface area contributed by atoms with Crippen LogP contribution in [0, 0.1) is 0 Å². The highest BCUT2D eigenvalue weighted by Gasteiger charge is 2.53. The van der Waals surface area contributed by atoms with Gasteiger partial charge in [0, 0.05) is 33.5 Å². The number of para-hydroxylation sites is 2. The van der Waals surface area contributed by atoms with Crippen LogP contribution in [0.4, 0.5) is 34.1 Å². The molecular formula is C65H54N2. The van der Waals surface area contributed by atoms with Gasteiger partial charge in [0.2, 0.25) is 0 Å². The van der Waals surface area contributed by atoms with Gasteiger partial charge in [-0.25, -0.2) is 0 Å². The fraction of sp³-hybridized carbons (Fsp3) is 0.138. The molecule has 0 bridgehead atoms. The van der Waals surface area contributed by atoms with E-state index in [1.165, 1.54) is 77.2 Å². The lowest BCUT2D eigenvalue weighted by atomic mass is 9.68. The summed E-state index contributed by atoms with van der Waals surface area (Å²) in [6.45, 7) is 14.1. The van der Waals surface area contributed by atoms with Gasteiger partial charge in [0.25, 0.3) is 0 Å². The Balaban J connectivity index is 1.19. The Morgan fingerprint density at radius 1 is 0.299 bits per heavy atom. The summed E-state index contributed by atoms with van der Waals surface area (Å²) in [5.41, 5.74) is 19.2. The van der Waals surface area contributed by atoms with Crippen LogP contribution in [0.15, 0.2) is 218 Å². The number of benzene rings is 10. The molecule has 2 aliphatic carbocycles. The third kappa shape index (κ3) is 6.38. The molecule has 0 aromatic heterocycles. The zero-order chi connectivity index (χ0) is 45.7. The molecule has 0 aliphatic heterocycles. The molecule has 1 spiro atoms. The lowest BCUT2D eigenvalue weighted by Crippen LogP contribution is -2.28. The molecule has 10 aromatic carbocycles. The predicted molar refractivity (Wildman–Crippen MR) is 285 cm³/mol. The van der Waals surface area contributed by atoms with E-state index in [4.69, 9.17) is 0 Å². The first-order chi connectivity index (χ1) is 32.5. The molecule has 10 aromatic rings. The van der Waals surface area contributed by atoms with Gasteiger partial charge in [-0.15, -0.1) is 0 Å². The van der Waals surface area contributed by atoms with Crippen molar-refractivity contribution in [3.63, 3.8) is 0 Å². The molecule has 0 unspecified atom stereocenters. The molecule has 0 heterocycles. The fourth-order valence-corrected chi connectivity index (χ4v) is 11.2. The first kappa shape index (κ1) is 40.8. The summed E-state index contributed by atoms with van der Waals surface area (Å²) in [7, 11) is 0. The Hall–Kier alpha value is -7.68. The van der Waals surface area contributed by atoms with E-state index in [1.54, 1.807) is 0 Å². The lowest BCUT2D eigenvalue weighted by Gasteiger charge is -2.35. The van der Waals surface area contributed by atoms with Gasteiger partial charge in [-0.1, -0.05) is 199 Å². The lowest BCUT2D eigenvalue weighted by molar-refractivity contribution is 0.586. The summed E-state index contributed by atoms with van der Waals surface area (Å²) in [6.07, 6.45) is 0. The third-order valence-electron chi connectivity index (χ3n) is 14.5. The van der Waals surface area contributed by atoms with Crippen LogP contribution < -0.4 is 9.80 Å². The average Bonchev–Trinajstić information content (AvgIpc) is 3.80. The second-order valence-electron chi connectivity index (χ2n) is 20.6. The van der Waals surface area contributed by atoms with E-state index in [1.807, 2.05) is 0 Å². The Kier molecular flexibility index (Phi) is 9.25. The molecule has 2 heteroatoms. The van der Waals surface area contributed by atoms with Gasteiger partial charge in [-0.3, -0.25) is 0 Å². The van der Waals surface area contributed by atoms with Crippen molar-refractivity contribution >= 4 is 55.7 Å². The van der Waals surface area contributed by atoms with E-state index in [2.05, 4.69) is 270 Å². The average molecular weight is 863 g/mol. The van der Waals surface area contributed by atoms with Gasteiger partial charge in [0.15, 0.2) is 0 Å². The zero-order valence-electron chi connectivity index (χ0n) is 39.2. The number of hydrogen-bond donors (Lipinski definition) is 0. The Morgan fingerprint density at radius 2 is 0.642 bits per heavy atom. The molecule has 0 N–H and O–H groups in total. The largest absolute Gasteiger partial charge is 0.310 e. The Labute approximate surface area is 395 Å². The van der Waals surface area contributed by atoms with E-state index in [9.17, 15) is 0 Å². The molecule has 2 nitrogen and oxygen atoms in total. The number of fused-ring (bicyclic) bond motifs is 12. The van der Waals surface area contributed by atoms with Gasteiger partial charge >= 0.3 is 0 Å². The third-order valence-corrected chi connectivity index (χ3v) is 14.5. The molecular weight excluding hydrogens is 809 g/mol. The molecule has 324 valence electrons. The smallest absolute Gasteiger partial charge is 0.0727 e. The van der Waals surface area contributed by atoms with Crippen molar-refractivity contribution in [3.05, 3.63) is 252 Å². The van der Waals surface area contributed by atoms with Crippen LogP contribution in [-0.2, 0) is 16.2 Å². The molecule has 0 saturated carbocycles. The van der Waals surface area contributed by atoms with E-state index in [0.717, 1.165) is 34.1 Å². The SMILES string of the molecule is CC(C)(C)c1ccc2c(c1)C1(c3cc(N(c4ccccc4)c4cccc5ccccc45)ccc3-c3ccc(N(c4ccccc4)c4cccc5ccccc45)cc31)c1cc(C(C)(C)C)ccc1-2. The van der Waals surface area contributed by atoms with Crippen molar-refractivity contribution in [2.75, 3.05) is 9.80 Å². The first-order valence-electron chi connectivity index (χ1n) is 23.8. The van der Waals surface area contributed by atoms with Crippen LogP contribution >= 0.6 is 0 Å². The summed E-state index contributed by atoms with van der Waals surface area (Å²) < 4.78 is 0. The van der Waals surface area contributed by atoms with Crippen LogP contribution in [0.2, 0.25) is 0 Å². The highest BCUT2D eigenvalue weighted by atomic mass is 15.1. The van der Waals surface area contributed by atoms with Crippen LogP contribution in [0.5, 0.6) is 0 Å². The van der Waals surface area contributed by atoms with Gasteiger partial charge in [0.1, 0.15) is 0 Å². The minimum atomic E-state index is -0.633. The minimum Gasteiger partial charge on any atom is -0.310 e. The van der Waals surface area contributed by atoms with E-state index in [-0.39, 0.29) is 10.8 Å². The maximum Gasteiger partial charge on any atom is 0.0727 e. The van der Waals surface area contributed by atoms with Crippen LogP contribution in [0.25, 0.3) is 43.8 Å². The van der Waals surface area contributed by atoms with Crippen molar-refractivity contribution < 1.29 is 0 Å². The van der Waals surface area contributed by atoms with Crippen molar-refractivity contribution in [1.29, 1.82) is 0 Å². The first-order valence-corrected chi connectivity index (χ1v) is 23.8. The van der Waals surface area contributed by atoms with Gasteiger partial charge in [-0.2, -0.15) is 0 Å². The molecule has 2 aliphatic rings. The molecule has 0 radical (unpaired) electrons. The predicted octanol–water partition coefficient (Wildman–Crippen LogP) is 17.9. The summed E-state index contributed by atoms with van der Waals surface area (Å²) >= 11 is 0. The van der Waals surface area contributed by atoms with Crippen LogP contribution in [-0.4, -0.2) is 0 Å². The topological polar surface area (TPSA) is 6.48 Å². The van der Waals surface area contributed by atoms with Gasteiger partial charge in [-0.05, 0) is 138 Å². The number of rotatable bonds is 6. The maximum absolute atomic E-state index is 2.56.